The number of nitrogens with zero attached hydrogens (tertiary/aromatic N) is 3. The zero-order valence-electron chi connectivity index (χ0n) is 16.3. The van der Waals surface area contributed by atoms with Crippen molar-refractivity contribution < 1.29 is 5.11 Å². The highest BCUT2D eigenvalue weighted by molar-refractivity contribution is 5.37. The molecular formula is C21H28N4O2. The van der Waals surface area contributed by atoms with Crippen LogP contribution in [0.4, 0.5) is 0 Å². The van der Waals surface area contributed by atoms with Gasteiger partial charge in [-0.15, -0.1) is 0 Å². The Morgan fingerprint density at radius 1 is 1.33 bits per heavy atom. The maximum Gasteiger partial charge on any atom is 0.343 e. The van der Waals surface area contributed by atoms with Crippen molar-refractivity contribution in [1.82, 2.24) is 19.7 Å². The van der Waals surface area contributed by atoms with Crippen LogP contribution < -0.4 is 5.69 Å². The van der Waals surface area contributed by atoms with Crippen LogP contribution in [0.2, 0.25) is 0 Å². The van der Waals surface area contributed by atoms with Gasteiger partial charge in [-0.2, -0.15) is 5.10 Å². The fourth-order valence-electron chi connectivity index (χ4n) is 3.53. The van der Waals surface area contributed by atoms with E-state index < -0.39 is 5.60 Å². The predicted octanol–water partition coefficient (Wildman–Crippen LogP) is 2.09. The number of hydrogen-bond donors (Lipinski definition) is 2. The van der Waals surface area contributed by atoms with Gasteiger partial charge in [0.2, 0.25) is 0 Å². The number of likely N-dealkylation sites (tertiary alicyclic amines) is 1. The number of aliphatic hydroxyl groups is 1. The van der Waals surface area contributed by atoms with E-state index in [2.05, 4.69) is 39.1 Å². The number of rotatable bonds is 4. The lowest BCUT2D eigenvalue weighted by molar-refractivity contribution is 0.143. The Balaban J connectivity index is 1.65. The summed E-state index contributed by atoms with van der Waals surface area (Å²) in [4.78, 5) is 14.3. The molecule has 1 fully saturated rings. The highest BCUT2D eigenvalue weighted by Crippen LogP contribution is 2.26. The van der Waals surface area contributed by atoms with E-state index in [-0.39, 0.29) is 11.6 Å². The van der Waals surface area contributed by atoms with Gasteiger partial charge in [-0.25, -0.2) is 9.89 Å². The maximum atomic E-state index is 11.8. The Bertz CT molecular complexity index is 878. The maximum absolute atomic E-state index is 11.8. The van der Waals surface area contributed by atoms with Crippen LogP contribution in [0.3, 0.4) is 0 Å². The van der Waals surface area contributed by atoms with Crippen LogP contribution in [-0.2, 0) is 13.1 Å². The minimum atomic E-state index is -0.979. The second-order valence-electron chi connectivity index (χ2n) is 7.71. The molecule has 2 N–H and O–H groups in total. The number of piperidine rings is 1. The summed E-state index contributed by atoms with van der Waals surface area (Å²) in [6.45, 7) is 8.81. The predicted molar refractivity (Wildman–Crippen MR) is 105 cm³/mol. The minimum Gasteiger partial charge on any atom is -0.378 e. The van der Waals surface area contributed by atoms with Crippen LogP contribution in [0.15, 0.2) is 29.1 Å². The molecule has 1 aliphatic heterocycles. The van der Waals surface area contributed by atoms with Gasteiger partial charge in [0.05, 0.1) is 0 Å². The number of nitrogens with one attached hydrogen (secondary N) is 1. The normalized spacial score (nSPS) is 18.1. The molecular weight excluding hydrogens is 340 g/mol. The molecule has 1 atom stereocenters. The number of benzene rings is 1. The molecule has 0 saturated carbocycles. The second-order valence-corrected chi connectivity index (χ2v) is 7.71. The van der Waals surface area contributed by atoms with Crippen molar-refractivity contribution in [3.8, 4) is 11.8 Å². The average molecular weight is 368 g/mol. The van der Waals surface area contributed by atoms with Crippen molar-refractivity contribution in [3.63, 3.8) is 0 Å². The molecule has 1 saturated heterocycles. The molecule has 144 valence electrons. The molecule has 6 nitrogen and oxygen atoms in total. The Hall–Kier alpha value is -2.36. The van der Waals surface area contributed by atoms with Gasteiger partial charge in [0, 0.05) is 31.1 Å². The second kappa shape index (κ2) is 8.12. The third-order valence-corrected chi connectivity index (χ3v) is 4.85. The first-order valence-corrected chi connectivity index (χ1v) is 9.57. The molecule has 0 spiro atoms. The van der Waals surface area contributed by atoms with Crippen molar-refractivity contribution in [3.05, 3.63) is 51.7 Å². The van der Waals surface area contributed by atoms with E-state index in [1.165, 1.54) is 5.56 Å². The summed E-state index contributed by atoms with van der Waals surface area (Å²) < 4.78 is 1.74. The Morgan fingerprint density at radius 2 is 2.07 bits per heavy atom. The average Bonchev–Trinajstić information content (AvgIpc) is 3.01. The summed E-state index contributed by atoms with van der Waals surface area (Å²) in [7, 11) is 0. The fourth-order valence-corrected chi connectivity index (χ4v) is 3.53. The number of aromatic amines is 1. The van der Waals surface area contributed by atoms with Crippen LogP contribution in [0.25, 0.3) is 0 Å². The topological polar surface area (TPSA) is 74.2 Å². The fraction of sp³-hybridized carbons (Fsp3) is 0.524. The number of hydrogen-bond acceptors (Lipinski definition) is 4. The summed E-state index contributed by atoms with van der Waals surface area (Å²) in [5, 5.41) is 16.6. The Labute approximate surface area is 160 Å². The summed E-state index contributed by atoms with van der Waals surface area (Å²) in [5.41, 5.74) is 1.04. The number of H-pyrrole nitrogens is 1. The van der Waals surface area contributed by atoms with Gasteiger partial charge in [-0.1, -0.05) is 24.0 Å². The van der Waals surface area contributed by atoms with Crippen molar-refractivity contribution >= 4 is 0 Å². The third kappa shape index (κ3) is 5.09. The molecule has 3 rings (SSSR count). The molecule has 2 heterocycles. The van der Waals surface area contributed by atoms with Gasteiger partial charge < -0.3 is 5.11 Å². The molecule has 2 aromatic rings. The lowest BCUT2D eigenvalue weighted by Crippen LogP contribution is -2.35. The highest BCUT2D eigenvalue weighted by Gasteiger charge is 2.25. The van der Waals surface area contributed by atoms with Crippen molar-refractivity contribution in [2.24, 2.45) is 0 Å². The number of aromatic nitrogens is 3. The smallest absolute Gasteiger partial charge is 0.343 e. The van der Waals surface area contributed by atoms with Gasteiger partial charge in [0.1, 0.15) is 11.4 Å². The summed E-state index contributed by atoms with van der Waals surface area (Å²) in [5.74, 6) is 7.00. The van der Waals surface area contributed by atoms with E-state index in [1.54, 1.807) is 18.4 Å². The quantitative estimate of drug-likeness (QED) is 0.811. The van der Waals surface area contributed by atoms with Gasteiger partial charge in [-0.3, -0.25) is 9.47 Å². The molecule has 0 bridgehead atoms. The van der Waals surface area contributed by atoms with Gasteiger partial charge in [0.15, 0.2) is 0 Å². The highest BCUT2D eigenvalue weighted by atomic mass is 16.3. The van der Waals surface area contributed by atoms with Crippen molar-refractivity contribution in [2.45, 2.75) is 58.2 Å². The first kappa shape index (κ1) is 19.4. The minimum absolute atomic E-state index is 0.118. The van der Waals surface area contributed by atoms with E-state index >= 15 is 0 Å². The molecule has 0 unspecified atom stereocenters. The van der Waals surface area contributed by atoms with Gasteiger partial charge in [0.25, 0.3) is 0 Å². The van der Waals surface area contributed by atoms with E-state index in [4.69, 9.17) is 0 Å². The standard InChI is InChI=1S/C21H28N4O2/c1-4-25-19(22-23-20(25)26)18-6-5-13-24(15-18)14-17-9-7-16(8-10-17)11-12-21(2,3)27/h7-10,18,27H,4-6,13-15H2,1-3H3,(H,23,26)/t18-/m0/s1. The van der Waals surface area contributed by atoms with E-state index in [1.807, 2.05) is 19.1 Å². The Morgan fingerprint density at radius 3 is 2.74 bits per heavy atom. The van der Waals surface area contributed by atoms with Crippen LogP contribution >= 0.6 is 0 Å². The monoisotopic (exact) mass is 368 g/mol. The van der Waals surface area contributed by atoms with E-state index in [9.17, 15) is 9.90 Å². The molecule has 0 aliphatic carbocycles. The zero-order chi connectivity index (χ0) is 19.4. The summed E-state index contributed by atoms with van der Waals surface area (Å²) in [6.07, 6.45) is 2.16. The van der Waals surface area contributed by atoms with E-state index in [0.29, 0.717) is 6.54 Å². The Kier molecular flexibility index (Phi) is 5.83. The lowest BCUT2D eigenvalue weighted by Gasteiger charge is -2.32. The van der Waals surface area contributed by atoms with Crippen molar-refractivity contribution in [2.75, 3.05) is 13.1 Å². The first-order valence-electron chi connectivity index (χ1n) is 9.57. The summed E-state index contributed by atoms with van der Waals surface area (Å²) in [6, 6.07) is 8.18. The SMILES string of the molecule is CCn1c([C@H]2CCCN(Cc3ccc(C#CC(C)(C)O)cc3)C2)n[nH]c1=O. The molecule has 27 heavy (non-hydrogen) atoms. The first-order chi connectivity index (χ1) is 12.9. The summed E-state index contributed by atoms with van der Waals surface area (Å²) >= 11 is 0. The van der Waals surface area contributed by atoms with Crippen LogP contribution in [-0.4, -0.2) is 43.5 Å². The molecule has 6 heteroatoms. The van der Waals surface area contributed by atoms with Crippen LogP contribution in [0.5, 0.6) is 0 Å². The van der Waals surface area contributed by atoms with Gasteiger partial charge >= 0.3 is 5.69 Å². The lowest BCUT2D eigenvalue weighted by atomic mass is 9.96. The van der Waals surface area contributed by atoms with Crippen molar-refractivity contribution in [1.29, 1.82) is 0 Å². The van der Waals surface area contributed by atoms with Crippen LogP contribution in [0, 0.1) is 11.8 Å². The van der Waals surface area contributed by atoms with Gasteiger partial charge in [-0.05, 0) is 57.9 Å². The molecule has 0 amide bonds. The zero-order valence-corrected chi connectivity index (χ0v) is 16.3. The largest absolute Gasteiger partial charge is 0.378 e. The van der Waals surface area contributed by atoms with E-state index in [0.717, 1.165) is 43.9 Å². The third-order valence-electron chi connectivity index (χ3n) is 4.85. The molecule has 1 aromatic carbocycles. The van der Waals surface area contributed by atoms with Crippen LogP contribution in [0.1, 0.15) is 56.5 Å². The molecule has 1 aromatic heterocycles. The molecule has 1 aliphatic rings. The molecule has 0 radical (unpaired) electrons.